The minimum absolute atomic E-state index is 0.252. The Bertz CT molecular complexity index is 394. The molecule has 0 radical (unpaired) electrons. The Morgan fingerprint density at radius 2 is 2.00 bits per heavy atom. The molecule has 1 aromatic rings. The Morgan fingerprint density at radius 3 is 2.72 bits per heavy atom. The van der Waals surface area contributed by atoms with E-state index in [2.05, 4.69) is 18.2 Å². The van der Waals surface area contributed by atoms with Crippen LogP contribution in [0, 0.1) is 0 Å². The van der Waals surface area contributed by atoms with Crippen molar-refractivity contribution in [2.24, 2.45) is 0 Å². The zero-order valence-corrected chi connectivity index (χ0v) is 10.6. The number of ether oxygens (including phenoxy) is 1. The molecule has 0 atom stereocenters. The van der Waals surface area contributed by atoms with Crippen LogP contribution in [0.1, 0.15) is 42.7 Å². The Morgan fingerprint density at radius 1 is 1.28 bits per heavy atom. The molecule has 1 N–H and O–H groups in total. The second-order valence-electron chi connectivity index (χ2n) is 4.83. The summed E-state index contributed by atoms with van der Waals surface area (Å²) in [4.78, 5) is 10.6. The number of hydrogen-bond acceptors (Lipinski definition) is 2. The monoisotopic (exact) mass is 248 g/mol. The smallest absolute Gasteiger partial charge is 0.303 e. The summed E-state index contributed by atoms with van der Waals surface area (Å²) < 4.78 is 5.40. The molecule has 0 bridgehead atoms. The Balaban J connectivity index is 2.02. The molecule has 3 nitrogen and oxygen atoms in total. The van der Waals surface area contributed by atoms with E-state index in [0.717, 1.165) is 38.9 Å². The van der Waals surface area contributed by atoms with E-state index >= 15 is 0 Å². The molecular weight excluding hydrogens is 228 g/mol. The first-order chi connectivity index (χ1) is 8.77. The number of hydrogen-bond donors (Lipinski definition) is 1. The van der Waals surface area contributed by atoms with Gasteiger partial charge in [-0.15, -0.1) is 0 Å². The van der Waals surface area contributed by atoms with Crippen LogP contribution in [0.5, 0.6) is 0 Å². The molecule has 18 heavy (non-hydrogen) atoms. The van der Waals surface area contributed by atoms with E-state index in [9.17, 15) is 4.79 Å². The fourth-order valence-corrected chi connectivity index (χ4v) is 2.60. The minimum Gasteiger partial charge on any atom is -0.481 e. The van der Waals surface area contributed by atoms with Crippen LogP contribution in [0.3, 0.4) is 0 Å². The highest BCUT2D eigenvalue weighted by Crippen LogP contribution is 2.30. The first kappa shape index (κ1) is 13.1. The molecule has 1 aliphatic heterocycles. The van der Waals surface area contributed by atoms with E-state index in [0.29, 0.717) is 5.92 Å². The van der Waals surface area contributed by atoms with Gasteiger partial charge in [-0.05, 0) is 42.7 Å². The van der Waals surface area contributed by atoms with Crippen molar-refractivity contribution in [2.75, 3.05) is 13.2 Å². The minimum atomic E-state index is -0.710. The Labute approximate surface area is 108 Å². The number of rotatable bonds is 5. The Kier molecular flexibility index (Phi) is 4.76. The largest absolute Gasteiger partial charge is 0.481 e. The lowest BCUT2D eigenvalue weighted by Gasteiger charge is -2.24. The second-order valence-corrected chi connectivity index (χ2v) is 4.83. The lowest BCUT2D eigenvalue weighted by Crippen LogP contribution is -2.15. The maximum Gasteiger partial charge on any atom is 0.303 e. The highest BCUT2D eigenvalue weighted by Gasteiger charge is 2.18. The third-order valence-electron chi connectivity index (χ3n) is 3.55. The van der Waals surface area contributed by atoms with E-state index in [1.54, 1.807) is 0 Å². The maximum absolute atomic E-state index is 10.6. The van der Waals surface area contributed by atoms with Crippen LogP contribution in [-0.2, 0) is 16.0 Å². The average Bonchev–Trinajstić information content (AvgIpc) is 2.40. The second kappa shape index (κ2) is 6.55. The summed E-state index contributed by atoms with van der Waals surface area (Å²) in [7, 11) is 0. The summed E-state index contributed by atoms with van der Waals surface area (Å²) in [6, 6.07) is 8.43. The van der Waals surface area contributed by atoms with Crippen LogP contribution < -0.4 is 0 Å². The van der Waals surface area contributed by atoms with Gasteiger partial charge in [0.15, 0.2) is 0 Å². The topological polar surface area (TPSA) is 46.5 Å². The van der Waals surface area contributed by atoms with Crippen LogP contribution in [0.15, 0.2) is 24.3 Å². The summed E-state index contributed by atoms with van der Waals surface area (Å²) in [5.74, 6) is -0.127. The normalized spacial score (nSPS) is 16.7. The maximum atomic E-state index is 10.6. The van der Waals surface area contributed by atoms with Crippen molar-refractivity contribution in [3.63, 3.8) is 0 Å². The number of carbonyl (C=O) groups is 1. The SMILES string of the molecule is O=C(O)CCCc1ccccc1C1CCOCC1. The highest BCUT2D eigenvalue weighted by molar-refractivity contribution is 5.66. The van der Waals surface area contributed by atoms with Crippen molar-refractivity contribution in [1.82, 2.24) is 0 Å². The van der Waals surface area contributed by atoms with Gasteiger partial charge in [-0.25, -0.2) is 0 Å². The highest BCUT2D eigenvalue weighted by atomic mass is 16.5. The summed E-state index contributed by atoms with van der Waals surface area (Å²) in [6.45, 7) is 1.68. The lowest BCUT2D eigenvalue weighted by molar-refractivity contribution is -0.137. The van der Waals surface area contributed by atoms with Gasteiger partial charge in [0.25, 0.3) is 0 Å². The first-order valence-corrected chi connectivity index (χ1v) is 6.64. The standard InChI is InChI=1S/C15H20O3/c16-15(17)7-3-5-12-4-1-2-6-14(12)13-8-10-18-11-9-13/h1-2,4,6,13H,3,5,7-11H2,(H,16,17). The first-order valence-electron chi connectivity index (χ1n) is 6.64. The number of aliphatic carboxylic acids is 1. The number of carboxylic acid groups (broad SMARTS) is 1. The molecule has 0 amide bonds. The van der Waals surface area contributed by atoms with Crippen molar-refractivity contribution < 1.29 is 14.6 Å². The third-order valence-corrected chi connectivity index (χ3v) is 3.55. The van der Waals surface area contributed by atoms with Gasteiger partial charge in [-0.3, -0.25) is 4.79 Å². The Hall–Kier alpha value is -1.35. The predicted octanol–water partition coefficient (Wildman–Crippen LogP) is 2.99. The summed E-state index contributed by atoms with van der Waals surface area (Å²) in [5, 5.41) is 8.69. The molecule has 0 saturated carbocycles. The van der Waals surface area contributed by atoms with Crippen molar-refractivity contribution in [3.8, 4) is 0 Å². The van der Waals surface area contributed by atoms with Crippen LogP contribution in [0.4, 0.5) is 0 Å². The molecular formula is C15H20O3. The van der Waals surface area contributed by atoms with Gasteiger partial charge < -0.3 is 9.84 Å². The van der Waals surface area contributed by atoms with Crippen LogP contribution in [0.2, 0.25) is 0 Å². The molecule has 0 aliphatic carbocycles. The average molecular weight is 248 g/mol. The van der Waals surface area contributed by atoms with Crippen LogP contribution in [-0.4, -0.2) is 24.3 Å². The molecule has 0 unspecified atom stereocenters. The van der Waals surface area contributed by atoms with Gasteiger partial charge in [0.2, 0.25) is 0 Å². The van der Waals surface area contributed by atoms with Crippen molar-refractivity contribution in [2.45, 2.75) is 38.0 Å². The fraction of sp³-hybridized carbons (Fsp3) is 0.533. The van der Waals surface area contributed by atoms with Crippen molar-refractivity contribution in [1.29, 1.82) is 0 Å². The van der Waals surface area contributed by atoms with E-state index in [1.807, 2.05) is 6.07 Å². The molecule has 1 heterocycles. The summed E-state index contributed by atoms with van der Waals surface area (Å²) in [6.07, 6.45) is 3.99. The van der Waals surface area contributed by atoms with Gasteiger partial charge in [-0.1, -0.05) is 24.3 Å². The zero-order valence-electron chi connectivity index (χ0n) is 10.6. The molecule has 3 heteroatoms. The molecule has 2 rings (SSSR count). The van der Waals surface area contributed by atoms with E-state index in [-0.39, 0.29) is 6.42 Å². The van der Waals surface area contributed by atoms with Crippen LogP contribution >= 0.6 is 0 Å². The van der Waals surface area contributed by atoms with Crippen molar-refractivity contribution >= 4 is 5.97 Å². The fourth-order valence-electron chi connectivity index (χ4n) is 2.60. The summed E-state index contributed by atoms with van der Waals surface area (Å²) >= 11 is 0. The molecule has 1 saturated heterocycles. The van der Waals surface area contributed by atoms with Crippen molar-refractivity contribution in [3.05, 3.63) is 35.4 Å². The third kappa shape index (κ3) is 3.57. The molecule has 98 valence electrons. The molecule has 0 aromatic heterocycles. The lowest BCUT2D eigenvalue weighted by atomic mass is 9.87. The van der Waals surface area contributed by atoms with Gasteiger partial charge in [0.05, 0.1) is 0 Å². The van der Waals surface area contributed by atoms with Crippen LogP contribution in [0.25, 0.3) is 0 Å². The number of aryl methyl sites for hydroxylation is 1. The van der Waals surface area contributed by atoms with Gasteiger partial charge >= 0.3 is 5.97 Å². The zero-order chi connectivity index (χ0) is 12.8. The number of carboxylic acids is 1. The summed E-state index contributed by atoms with van der Waals surface area (Å²) in [5.41, 5.74) is 2.71. The molecule has 1 fully saturated rings. The molecule has 0 spiro atoms. The predicted molar refractivity (Wildman–Crippen MR) is 69.8 cm³/mol. The molecule has 1 aliphatic rings. The number of benzene rings is 1. The van der Waals surface area contributed by atoms with E-state index < -0.39 is 5.97 Å². The van der Waals surface area contributed by atoms with E-state index in [4.69, 9.17) is 9.84 Å². The van der Waals surface area contributed by atoms with Gasteiger partial charge in [0.1, 0.15) is 0 Å². The van der Waals surface area contributed by atoms with E-state index in [1.165, 1.54) is 11.1 Å². The molecule has 1 aromatic carbocycles. The van der Waals surface area contributed by atoms with Gasteiger partial charge in [-0.2, -0.15) is 0 Å². The quantitative estimate of drug-likeness (QED) is 0.871. The van der Waals surface area contributed by atoms with Gasteiger partial charge in [0, 0.05) is 19.6 Å².